The van der Waals surface area contributed by atoms with E-state index in [1.54, 1.807) is 36.4 Å². The molecule has 6 rings (SSSR count). The quantitative estimate of drug-likeness (QED) is 0.0966. The molecule has 0 fully saturated rings. The molecule has 0 amide bonds. The molecule has 3 unspecified atom stereocenters. The van der Waals surface area contributed by atoms with Gasteiger partial charge in [-0.1, -0.05) is 44.0 Å². The Balaban J connectivity index is 1.45. The molecule has 2 heterocycles. The van der Waals surface area contributed by atoms with E-state index in [4.69, 9.17) is 17.8 Å². The highest BCUT2D eigenvalue weighted by atomic mass is 79.9. The first kappa shape index (κ1) is 37.1. The van der Waals surface area contributed by atoms with Gasteiger partial charge in [0.05, 0.1) is 46.1 Å². The lowest BCUT2D eigenvalue weighted by atomic mass is 9.79. The minimum atomic E-state index is -4.75. The summed E-state index contributed by atoms with van der Waals surface area (Å²) in [7, 11) is -9.32. The Morgan fingerprint density at radius 1 is 0.745 bits per heavy atom. The zero-order chi connectivity index (χ0) is 36.8. The van der Waals surface area contributed by atoms with Crippen LogP contribution in [0.1, 0.15) is 28.7 Å². The molecule has 0 aromatic heterocycles. The molecule has 0 saturated carbocycles. The fourth-order valence-corrected chi connectivity index (χ4v) is 9.02. The molecule has 4 aromatic carbocycles. The predicted molar refractivity (Wildman–Crippen MR) is 184 cm³/mol. The maximum absolute atomic E-state index is 13.9. The number of rotatable bonds is 13. The van der Waals surface area contributed by atoms with Gasteiger partial charge in [-0.2, -0.15) is 16.8 Å². The van der Waals surface area contributed by atoms with E-state index < -0.39 is 71.9 Å². The summed E-state index contributed by atoms with van der Waals surface area (Å²) in [6, 6.07) is 18.2. The predicted octanol–water partition coefficient (Wildman–Crippen LogP) is 5.74. The molecule has 0 spiro atoms. The van der Waals surface area contributed by atoms with Crippen molar-refractivity contribution in [2.75, 3.05) is 13.2 Å². The van der Waals surface area contributed by atoms with Gasteiger partial charge in [-0.05, 0) is 70.8 Å². The average molecular weight is 871 g/mol. The molecule has 1 N–H and O–H groups in total. The van der Waals surface area contributed by atoms with Crippen LogP contribution >= 0.6 is 31.9 Å². The molecule has 0 radical (unpaired) electrons. The Hall–Kier alpha value is -3.66. The summed E-state index contributed by atoms with van der Waals surface area (Å²) in [4.78, 5) is 20.2. The highest BCUT2D eigenvalue weighted by molar-refractivity contribution is 9.10. The van der Waals surface area contributed by atoms with E-state index >= 15 is 0 Å². The Kier molecular flexibility index (Phi) is 10.2. The number of nitro groups is 2. The lowest BCUT2D eigenvalue weighted by Gasteiger charge is -2.40. The van der Waals surface area contributed by atoms with Crippen LogP contribution in [0.4, 0.5) is 11.4 Å². The fourth-order valence-electron chi connectivity index (χ4n) is 6.14. The SMILES string of the molecule is O=[N+]([O-])c1ccc(S(=O)(=O)OCC2(CC(OS(=O)(=O)c3ccc([N+](=O)[O-])cc3)C3(CO)OCc4cc(Br)ccc43)OCc3cc(Br)ccc32)cc1. The minimum Gasteiger partial charge on any atom is -0.393 e. The molecule has 0 aliphatic carbocycles. The van der Waals surface area contributed by atoms with Crippen molar-refractivity contribution in [1.29, 1.82) is 0 Å². The standard InChI is InChI=1S/C32H26Br2N2O13S2/c33-22-1-11-28-20(13-22)16-46-31(28,19-48-50(42,43)26-7-3-24(4-8-26)35(38)39)15-30(32(18-37)29-12-2-23(34)14-21(29)17-47-32)49-51(44,45)27-9-5-25(6-10-27)36(40)41/h1-14,30,37H,15-19H2. The van der Waals surface area contributed by atoms with Crippen LogP contribution in [0.5, 0.6) is 0 Å². The molecule has 3 atom stereocenters. The van der Waals surface area contributed by atoms with E-state index in [1.165, 1.54) is 0 Å². The summed E-state index contributed by atoms with van der Waals surface area (Å²) in [6.07, 6.45) is -2.08. The molecule has 15 nitrogen and oxygen atoms in total. The van der Waals surface area contributed by atoms with E-state index in [-0.39, 0.29) is 29.5 Å². The first-order valence-corrected chi connectivity index (χ1v) is 19.3. The summed E-state index contributed by atoms with van der Waals surface area (Å²) in [5.41, 5.74) is -2.19. The molecule has 0 bridgehead atoms. The van der Waals surface area contributed by atoms with Crippen molar-refractivity contribution >= 4 is 63.5 Å². The van der Waals surface area contributed by atoms with Gasteiger partial charge in [-0.3, -0.25) is 28.6 Å². The fraction of sp³-hybridized carbons (Fsp3) is 0.250. The number of nitrogens with zero attached hydrogens (tertiary/aromatic N) is 2. The van der Waals surface area contributed by atoms with Gasteiger partial charge in [0, 0.05) is 39.6 Å². The van der Waals surface area contributed by atoms with Crippen LogP contribution in [0.3, 0.4) is 0 Å². The number of hydrogen-bond donors (Lipinski definition) is 1. The van der Waals surface area contributed by atoms with Crippen molar-refractivity contribution < 1.29 is 49.6 Å². The third kappa shape index (κ3) is 7.22. The van der Waals surface area contributed by atoms with E-state index in [0.29, 0.717) is 31.2 Å². The smallest absolute Gasteiger partial charge is 0.297 e. The van der Waals surface area contributed by atoms with E-state index in [9.17, 15) is 42.2 Å². The molecule has 268 valence electrons. The third-order valence-corrected chi connectivity index (χ3v) is 12.3. The number of nitro benzene ring substituents is 2. The van der Waals surface area contributed by atoms with Gasteiger partial charge in [0.15, 0.2) is 0 Å². The van der Waals surface area contributed by atoms with E-state index in [2.05, 4.69) is 31.9 Å². The second kappa shape index (κ2) is 14.1. The number of aliphatic hydroxyl groups excluding tert-OH is 1. The maximum Gasteiger partial charge on any atom is 0.297 e. The Morgan fingerprint density at radius 2 is 1.24 bits per heavy atom. The first-order chi connectivity index (χ1) is 24.1. The van der Waals surface area contributed by atoms with E-state index in [1.807, 2.05) is 0 Å². The number of hydrogen-bond acceptors (Lipinski definition) is 13. The van der Waals surface area contributed by atoms with Gasteiger partial charge >= 0.3 is 0 Å². The summed E-state index contributed by atoms with van der Waals surface area (Å²) in [5, 5.41) is 33.4. The van der Waals surface area contributed by atoms with E-state index in [0.717, 1.165) is 48.5 Å². The van der Waals surface area contributed by atoms with Gasteiger partial charge in [-0.25, -0.2) is 0 Å². The van der Waals surface area contributed by atoms with Gasteiger partial charge < -0.3 is 14.6 Å². The number of ether oxygens (including phenoxy) is 2. The average Bonchev–Trinajstić information content (AvgIpc) is 3.65. The Morgan fingerprint density at radius 3 is 1.76 bits per heavy atom. The second-order valence-electron chi connectivity index (χ2n) is 11.7. The number of non-ortho nitro benzene ring substituents is 2. The van der Waals surface area contributed by atoms with Crippen LogP contribution in [0, 0.1) is 20.2 Å². The highest BCUT2D eigenvalue weighted by Crippen LogP contribution is 2.49. The zero-order valence-corrected chi connectivity index (χ0v) is 30.8. The number of aliphatic hydroxyl groups is 1. The second-order valence-corrected chi connectivity index (χ2v) is 16.7. The largest absolute Gasteiger partial charge is 0.393 e. The van der Waals surface area contributed by atoms with Crippen molar-refractivity contribution in [3.8, 4) is 0 Å². The van der Waals surface area contributed by atoms with Crippen LogP contribution < -0.4 is 0 Å². The molecule has 19 heteroatoms. The van der Waals surface area contributed by atoms with Crippen LogP contribution in [0.25, 0.3) is 0 Å². The summed E-state index contributed by atoms with van der Waals surface area (Å²) in [5.74, 6) is 0. The lowest BCUT2D eigenvalue weighted by molar-refractivity contribution is -0.385. The maximum atomic E-state index is 13.9. The highest BCUT2D eigenvalue weighted by Gasteiger charge is 2.55. The van der Waals surface area contributed by atoms with Crippen LogP contribution in [0.15, 0.2) is 104 Å². The van der Waals surface area contributed by atoms with Gasteiger partial charge in [0.25, 0.3) is 31.6 Å². The van der Waals surface area contributed by atoms with Crippen molar-refractivity contribution in [2.45, 2.75) is 46.7 Å². The molecular weight excluding hydrogens is 844 g/mol. The molecular formula is C32H26Br2N2O13S2. The van der Waals surface area contributed by atoms with Crippen molar-refractivity contribution in [3.63, 3.8) is 0 Å². The summed E-state index contributed by atoms with van der Waals surface area (Å²) >= 11 is 6.82. The third-order valence-electron chi connectivity index (χ3n) is 8.70. The normalized spacial score (nSPS) is 20.5. The van der Waals surface area contributed by atoms with Crippen LogP contribution in [-0.2, 0) is 62.5 Å². The zero-order valence-electron chi connectivity index (χ0n) is 26.0. The number of halogens is 2. The van der Waals surface area contributed by atoms with Crippen molar-refractivity contribution in [3.05, 3.63) is 136 Å². The first-order valence-electron chi connectivity index (χ1n) is 14.9. The van der Waals surface area contributed by atoms with Gasteiger partial charge in [-0.15, -0.1) is 0 Å². The lowest BCUT2D eigenvalue weighted by Crippen LogP contribution is -2.50. The van der Waals surface area contributed by atoms with Crippen molar-refractivity contribution in [2.24, 2.45) is 0 Å². The van der Waals surface area contributed by atoms with Gasteiger partial charge in [0.1, 0.15) is 17.3 Å². The molecule has 4 aromatic rings. The number of fused-ring (bicyclic) bond motifs is 2. The van der Waals surface area contributed by atoms with Gasteiger partial charge in [0.2, 0.25) is 0 Å². The Bertz CT molecular complexity index is 2240. The molecule has 0 saturated heterocycles. The topological polar surface area (TPSA) is 212 Å². The summed E-state index contributed by atoms with van der Waals surface area (Å²) in [6.45, 7) is -1.59. The number of benzene rings is 4. The monoisotopic (exact) mass is 868 g/mol. The summed E-state index contributed by atoms with van der Waals surface area (Å²) < 4.78 is 80.0. The van der Waals surface area contributed by atoms with Crippen LogP contribution in [0.2, 0.25) is 0 Å². The molecule has 2 aliphatic heterocycles. The van der Waals surface area contributed by atoms with Crippen LogP contribution in [-0.4, -0.2) is 51.1 Å². The Labute approximate surface area is 307 Å². The van der Waals surface area contributed by atoms with Crippen molar-refractivity contribution in [1.82, 2.24) is 0 Å². The molecule has 51 heavy (non-hydrogen) atoms. The minimum absolute atomic E-state index is 0.0464. The molecule has 2 aliphatic rings.